The molecule has 138 valence electrons. The van der Waals surface area contributed by atoms with E-state index in [2.05, 4.69) is 16.5 Å². The third kappa shape index (κ3) is 5.21. The molecular formula is C15H22N4O5S. The van der Waals surface area contributed by atoms with Gasteiger partial charge in [0.05, 0.1) is 9.82 Å². The molecule has 0 aliphatic carbocycles. The largest absolute Gasteiger partial charge is 0.340 e. The standard InChI is InChI=1S/C15H22N4O5S/c1-2-17-9-11-18(12-10-17)15(20)7-8-16-25(23,24)14-5-3-13(4-6-14)19(21)22/h3-6,16H,2,7-12H2,1H3. The smallest absolute Gasteiger partial charge is 0.269 e. The number of nitrogens with one attached hydrogen (secondary N) is 1. The number of benzene rings is 1. The number of piperazine rings is 1. The first-order valence-corrected chi connectivity index (χ1v) is 9.56. The van der Waals surface area contributed by atoms with Gasteiger partial charge in [-0.05, 0) is 18.7 Å². The lowest BCUT2D eigenvalue weighted by molar-refractivity contribution is -0.384. The number of likely N-dealkylation sites (N-methyl/N-ethyl adjacent to an activating group) is 1. The van der Waals surface area contributed by atoms with Gasteiger partial charge < -0.3 is 9.80 Å². The van der Waals surface area contributed by atoms with Crippen molar-refractivity contribution in [2.75, 3.05) is 39.3 Å². The summed E-state index contributed by atoms with van der Waals surface area (Å²) in [5, 5.41) is 10.6. The van der Waals surface area contributed by atoms with Crippen LogP contribution < -0.4 is 4.72 Å². The summed E-state index contributed by atoms with van der Waals surface area (Å²) in [5.41, 5.74) is -0.180. The maximum Gasteiger partial charge on any atom is 0.269 e. The Labute approximate surface area is 146 Å². The van der Waals surface area contributed by atoms with Gasteiger partial charge in [-0.3, -0.25) is 14.9 Å². The molecule has 0 aromatic heterocycles. The van der Waals surface area contributed by atoms with Gasteiger partial charge in [-0.25, -0.2) is 13.1 Å². The van der Waals surface area contributed by atoms with Crippen molar-refractivity contribution in [3.05, 3.63) is 34.4 Å². The average molecular weight is 370 g/mol. The molecule has 0 radical (unpaired) electrons. The summed E-state index contributed by atoms with van der Waals surface area (Å²) in [6, 6.07) is 4.61. The molecule has 2 rings (SSSR count). The Morgan fingerprint density at radius 2 is 1.80 bits per heavy atom. The Bertz CT molecular complexity index is 712. The highest BCUT2D eigenvalue weighted by Crippen LogP contribution is 2.15. The fourth-order valence-electron chi connectivity index (χ4n) is 2.59. The Morgan fingerprint density at radius 1 is 1.20 bits per heavy atom. The van der Waals surface area contributed by atoms with Crippen LogP contribution >= 0.6 is 0 Å². The van der Waals surface area contributed by atoms with Crippen LogP contribution in [0.2, 0.25) is 0 Å². The second-order valence-corrected chi connectivity index (χ2v) is 7.48. The molecule has 1 saturated heterocycles. The zero-order chi connectivity index (χ0) is 18.4. The maximum atomic E-state index is 12.1. The van der Waals surface area contributed by atoms with Crippen molar-refractivity contribution >= 4 is 21.6 Å². The van der Waals surface area contributed by atoms with E-state index in [9.17, 15) is 23.3 Å². The van der Waals surface area contributed by atoms with Gasteiger partial charge in [-0.2, -0.15) is 0 Å². The predicted octanol–water partition coefficient (Wildman–Crippen LogP) is 0.427. The summed E-state index contributed by atoms with van der Waals surface area (Å²) in [6.45, 7) is 5.99. The maximum absolute atomic E-state index is 12.1. The molecule has 1 N–H and O–H groups in total. The highest BCUT2D eigenvalue weighted by atomic mass is 32.2. The van der Waals surface area contributed by atoms with E-state index in [1.165, 1.54) is 12.1 Å². The van der Waals surface area contributed by atoms with Crippen molar-refractivity contribution in [1.82, 2.24) is 14.5 Å². The molecule has 1 aromatic carbocycles. The second kappa shape index (κ2) is 8.37. The van der Waals surface area contributed by atoms with Crippen LogP contribution in [0.25, 0.3) is 0 Å². The number of carbonyl (C=O) groups is 1. The summed E-state index contributed by atoms with van der Waals surface area (Å²) >= 11 is 0. The van der Waals surface area contributed by atoms with Crippen LogP contribution in [0.5, 0.6) is 0 Å². The molecule has 0 bridgehead atoms. The number of nitro benzene ring substituents is 1. The molecule has 1 fully saturated rings. The Balaban J connectivity index is 1.83. The average Bonchev–Trinajstić information content (AvgIpc) is 2.61. The highest BCUT2D eigenvalue weighted by Gasteiger charge is 2.21. The van der Waals surface area contributed by atoms with Crippen LogP contribution in [0, 0.1) is 10.1 Å². The van der Waals surface area contributed by atoms with E-state index < -0.39 is 14.9 Å². The number of nitro groups is 1. The number of carbonyl (C=O) groups excluding carboxylic acids is 1. The zero-order valence-corrected chi connectivity index (χ0v) is 14.9. The Kier molecular flexibility index (Phi) is 6.45. The minimum Gasteiger partial charge on any atom is -0.340 e. The molecule has 25 heavy (non-hydrogen) atoms. The number of non-ortho nitro benzene ring substituents is 1. The summed E-state index contributed by atoms with van der Waals surface area (Å²) in [7, 11) is -3.79. The van der Waals surface area contributed by atoms with Crippen molar-refractivity contribution in [3.8, 4) is 0 Å². The van der Waals surface area contributed by atoms with E-state index in [4.69, 9.17) is 0 Å². The topological polar surface area (TPSA) is 113 Å². The van der Waals surface area contributed by atoms with Crippen LogP contribution in [0.4, 0.5) is 5.69 Å². The molecule has 0 atom stereocenters. The third-order valence-electron chi connectivity index (χ3n) is 4.16. The summed E-state index contributed by atoms with van der Waals surface area (Å²) < 4.78 is 26.6. The number of hydrogen-bond acceptors (Lipinski definition) is 6. The van der Waals surface area contributed by atoms with Gasteiger partial charge in [-0.15, -0.1) is 0 Å². The monoisotopic (exact) mass is 370 g/mol. The predicted molar refractivity (Wildman–Crippen MR) is 91.6 cm³/mol. The van der Waals surface area contributed by atoms with E-state index in [1.807, 2.05) is 0 Å². The quantitative estimate of drug-likeness (QED) is 0.550. The molecular weight excluding hydrogens is 348 g/mol. The summed E-state index contributed by atoms with van der Waals surface area (Å²) in [4.78, 5) is 26.1. The molecule has 1 heterocycles. The molecule has 0 unspecified atom stereocenters. The molecule has 0 saturated carbocycles. The molecule has 10 heteroatoms. The van der Waals surface area contributed by atoms with Gasteiger partial charge in [0.25, 0.3) is 5.69 Å². The van der Waals surface area contributed by atoms with Crippen molar-refractivity contribution in [3.63, 3.8) is 0 Å². The summed E-state index contributed by atoms with van der Waals surface area (Å²) in [5.74, 6) is -0.0813. The molecule has 1 aromatic rings. The van der Waals surface area contributed by atoms with Gasteiger partial charge in [-0.1, -0.05) is 6.92 Å². The van der Waals surface area contributed by atoms with Crippen LogP contribution in [0.15, 0.2) is 29.2 Å². The van der Waals surface area contributed by atoms with Crippen molar-refractivity contribution in [1.29, 1.82) is 0 Å². The lowest BCUT2D eigenvalue weighted by Gasteiger charge is -2.34. The van der Waals surface area contributed by atoms with Crippen molar-refractivity contribution in [2.24, 2.45) is 0 Å². The first-order chi connectivity index (χ1) is 11.8. The fourth-order valence-corrected chi connectivity index (χ4v) is 3.63. The Hall–Kier alpha value is -2.04. The van der Waals surface area contributed by atoms with E-state index in [-0.39, 0.29) is 29.5 Å². The molecule has 1 amide bonds. The van der Waals surface area contributed by atoms with Crippen LogP contribution in [0.1, 0.15) is 13.3 Å². The lowest BCUT2D eigenvalue weighted by atomic mass is 10.3. The number of amides is 1. The molecule has 9 nitrogen and oxygen atoms in total. The van der Waals surface area contributed by atoms with Gasteiger partial charge in [0.2, 0.25) is 15.9 Å². The minimum atomic E-state index is -3.79. The highest BCUT2D eigenvalue weighted by molar-refractivity contribution is 7.89. The minimum absolute atomic E-state index is 0.00779. The molecule has 0 spiro atoms. The summed E-state index contributed by atoms with van der Waals surface area (Å²) in [6.07, 6.45) is 0.0817. The first-order valence-electron chi connectivity index (χ1n) is 8.07. The first kappa shape index (κ1) is 19.3. The molecule has 1 aliphatic rings. The SMILES string of the molecule is CCN1CCN(C(=O)CCNS(=O)(=O)c2ccc([N+](=O)[O-])cc2)CC1. The third-order valence-corrected chi connectivity index (χ3v) is 5.64. The number of hydrogen-bond donors (Lipinski definition) is 1. The van der Waals surface area contributed by atoms with Gasteiger partial charge >= 0.3 is 0 Å². The normalized spacial score (nSPS) is 16.0. The van der Waals surface area contributed by atoms with Crippen molar-refractivity contribution < 1.29 is 18.1 Å². The van der Waals surface area contributed by atoms with Crippen LogP contribution in [-0.2, 0) is 14.8 Å². The number of rotatable bonds is 7. The van der Waals surface area contributed by atoms with E-state index in [1.54, 1.807) is 4.90 Å². The Morgan fingerprint density at radius 3 is 2.32 bits per heavy atom. The van der Waals surface area contributed by atoms with Crippen molar-refractivity contribution in [2.45, 2.75) is 18.2 Å². The number of nitrogens with zero attached hydrogens (tertiary/aromatic N) is 3. The van der Waals surface area contributed by atoms with Crippen LogP contribution in [-0.4, -0.2) is 68.3 Å². The second-order valence-electron chi connectivity index (χ2n) is 5.71. The zero-order valence-electron chi connectivity index (χ0n) is 14.1. The molecule has 1 aliphatic heterocycles. The van der Waals surface area contributed by atoms with Crippen LogP contribution in [0.3, 0.4) is 0 Å². The van der Waals surface area contributed by atoms with Gasteiger partial charge in [0.1, 0.15) is 0 Å². The van der Waals surface area contributed by atoms with E-state index in [0.29, 0.717) is 13.1 Å². The number of sulfonamides is 1. The van der Waals surface area contributed by atoms with Gasteiger partial charge in [0, 0.05) is 51.3 Å². The lowest BCUT2D eigenvalue weighted by Crippen LogP contribution is -2.49. The van der Waals surface area contributed by atoms with Gasteiger partial charge in [0.15, 0.2) is 0 Å². The fraction of sp³-hybridized carbons (Fsp3) is 0.533. The van der Waals surface area contributed by atoms with E-state index >= 15 is 0 Å². The van der Waals surface area contributed by atoms with E-state index in [0.717, 1.165) is 31.8 Å².